The van der Waals surface area contributed by atoms with Gasteiger partial charge in [-0.25, -0.2) is 0 Å². The van der Waals surface area contributed by atoms with E-state index in [1.54, 1.807) is 16.8 Å². The van der Waals surface area contributed by atoms with Gasteiger partial charge in [-0.3, -0.25) is 14.4 Å². The molecule has 0 atom stereocenters. The van der Waals surface area contributed by atoms with Crippen molar-refractivity contribution in [3.8, 4) is 11.5 Å². The van der Waals surface area contributed by atoms with Crippen LogP contribution in [-0.2, 0) is 31.4 Å². The SMILES string of the molecule is Cn1ncc2c1Nc1ccccc1N(C(=O)Cc1ccc(N3CCN(Cc4cc(O)cc(O)c4)CC3)cc1)C2. The maximum Gasteiger partial charge on any atom is 0.231 e. The molecule has 9 nitrogen and oxygen atoms in total. The summed E-state index contributed by atoms with van der Waals surface area (Å²) < 4.78 is 1.80. The van der Waals surface area contributed by atoms with Crippen molar-refractivity contribution in [1.82, 2.24) is 14.7 Å². The van der Waals surface area contributed by atoms with Crippen molar-refractivity contribution in [2.24, 2.45) is 7.05 Å². The van der Waals surface area contributed by atoms with E-state index in [4.69, 9.17) is 0 Å². The van der Waals surface area contributed by atoms with E-state index in [0.29, 0.717) is 19.5 Å². The number of fused-ring (bicyclic) bond motifs is 2. The Labute approximate surface area is 227 Å². The van der Waals surface area contributed by atoms with Crippen molar-refractivity contribution in [3.63, 3.8) is 0 Å². The van der Waals surface area contributed by atoms with Crippen LogP contribution < -0.4 is 15.1 Å². The summed E-state index contributed by atoms with van der Waals surface area (Å²) in [5.74, 6) is 1.11. The predicted octanol–water partition coefficient (Wildman–Crippen LogP) is 3.99. The van der Waals surface area contributed by atoms with E-state index in [1.165, 1.54) is 6.07 Å². The summed E-state index contributed by atoms with van der Waals surface area (Å²) in [5.41, 5.74) is 5.77. The zero-order valence-corrected chi connectivity index (χ0v) is 21.9. The molecule has 6 rings (SSSR count). The van der Waals surface area contributed by atoms with Crippen LogP contribution in [0.2, 0.25) is 0 Å². The Kier molecular flexibility index (Phi) is 6.58. The highest BCUT2D eigenvalue weighted by molar-refractivity contribution is 5.99. The number of nitrogens with zero attached hydrogens (tertiary/aromatic N) is 5. The number of nitrogens with one attached hydrogen (secondary N) is 1. The van der Waals surface area contributed by atoms with E-state index in [-0.39, 0.29) is 17.4 Å². The van der Waals surface area contributed by atoms with Crippen LogP contribution in [0.4, 0.5) is 22.9 Å². The molecule has 2 aliphatic heterocycles. The van der Waals surface area contributed by atoms with Crippen molar-refractivity contribution in [2.45, 2.75) is 19.5 Å². The lowest BCUT2D eigenvalue weighted by molar-refractivity contribution is -0.118. The van der Waals surface area contributed by atoms with Crippen LogP contribution in [0.3, 0.4) is 0 Å². The third kappa shape index (κ3) is 5.26. The number of phenolic OH excluding ortho intramolecular Hbond substituents is 2. The molecule has 200 valence electrons. The standard InChI is InChI=1S/C30H32N6O3/c1-33-30-23(18-31-33)20-36(28-5-3-2-4-27(28)32-30)29(39)16-21-6-8-24(9-7-21)35-12-10-34(11-13-35)19-22-14-25(37)17-26(38)15-22/h2-9,14-15,17-18,32,37-38H,10-13,16,19-20H2,1H3. The van der Waals surface area contributed by atoms with Crippen LogP contribution >= 0.6 is 0 Å². The summed E-state index contributed by atoms with van der Waals surface area (Å²) in [5, 5.41) is 27.3. The predicted molar refractivity (Wildman–Crippen MR) is 152 cm³/mol. The molecule has 3 N–H and O–H groups in total. The quantitative estimate of drug-likeness (QED) is 0.363. The van der Waals surface area contributed by atoms with Gasteiger partial charge in [0.2, 0.25) is 5.91 Å². The summed E-state index contributed by atoms with van der Waals surface area (Å²) >= 11 is 0. The third-order valence-corrected chi connectivity index (χ3v) is 7.49. The number of anilines is 4. The fourth-order valence-corrected chi connectivity index (χ4v) is 5.44. The van der Waals surface area contributed by atoms with Crippen LogP contribution in [-0.4, -0.2) is 57.0 Å². The minimum Gasteiger partial charge on any atom is -0.508 e. The molecule has 0 radical (unpaired) electrons. The number of hydrogen-bond acceptors (Lipinski definition) is 7. The lowest BCUT2D eigenvalue weighted by Gasteiger charge is -2.36. The van der Waals surface area contributed by atoms with Gasteiger partial charge < -0.3 is 25.3 Å². The van der Waals surface area contributed by atoms with Gasteiger partial charge in [-0.2, -0.15) is 5.10 Å². The van der Waals surface area contributed by atoms with Crippen LogP contribution in [0.25, 0.3) is 0 Å². The fraction of sp³-hybridized carbons (Fsp3) is 0.267. The van der Waals surface area contributed by atoms with E-state index in [1.807, 2.05) is 54.5 Å². The van der Waals surface area contributed by atoms with Gasteiger partial charge in [0, 0.05) is 57.1 Å². The van der Waals surface area contributed by atoms with Gasteiger partial charge in [-0.15, -0.1) is 0 Å². The van der Waals surface area contributed by atoms with Gasteiger partial charge in [-0.05, 0) is 47.5 Å². The number of para-hydroxylation sites is 2. The Balaban J connectivity index is 1.09. The molecule has 3 aromatic carbocycles. The molecular formula is C30H32N6O3. The van der Waals surface area contributed by atoms with Crippen molar-refractivity contribution < 1.29 is 15.0 Å². The highest BCUT2D eigenvalue weighted by Crippen LogP contribution is 2.35. The summed E-state index contributed by atoms with van der Waals surface area (Å²) in [6.45, 7) is 4.69. The Morgan fingerprint density at radius 3 is 2.38 bits per heavy atom. The molecule has 0 spiro atoms. The zero-order valence-electron chi connectivity index (χ0n) is 21.9. The second-order valence-corrected chi connectivity index (χ2v) is 10.2. The number of carbonyl (C=O) groups excluding carboxylic acids is 1. The molecule has 1 aromatic heterocycles. The van der Waals surface area contributed by atoms with Gasteiger partial charge in [0.25, 0.3) is 0 Å². The maximum atomic E-state index is 13.5. The first kappa shape index (κ1) is 24.8. The van der Waals surface area contributed by atoms with Gasteiger partial charge in [0.15, 0.2) is 0 Å². The highest BCUT2D eigenvalue weighted by Gasteiger charge is 2.26. The second kappa shape index (κ2) is 10.3. The molecule has 1 saturated heterocycles. The van der Waals surface area contributed by atoms with Gasteiger partial charge in [0.05, 0.1) is 30.5 Å². The van der Waals surface area contributed by atoms with E-state index < -0.39 is 0 Å². The first-order valence-corrected chi connectivity index (χ1v) is 13.2. The summed E-state index contributed by atoms with van der Waals surface area (Å²) in [6, 6.07) is 20.9. The minimum atomic E-state index is 0.0419. The monoisotopic (exact) mass is 524 g/mol. The van der Waals surface area contributed by atoms with E-state index in [0.717, 1.165) is 65.7 Å². The van der Waals surface area contributed by atoms with Gasteiger partial charge >= 0.3 is 0 Å². The van der Waals surface area contributed by atoms with Gasteiger partial charge in [-0.1, -0.05) is 24.3 Å². The van der Waals surface area contributed by atoms with Crippen LogP contribution in [0, 0.1) is 0 Å². The number of aryl methyl sites for hydroxylation is 1. The lowest BCUT2D eigenvalue weighted by atomic mass is 10.1. The maximum absolute atomic E-state index is 13.5. The van der Waals surface area contributed by atoms with Crippen molar-refractivity contribution in [1.29, 1.82) is 0 Å². The number of aromatic nitrogens is 2. The van der Waals surface area contributed by atoms with Crippen molar-refractivity contribution >= 4 is 28.8 Å². The van der Waals surface area contributed by atoms with E-state index in [9.17, 15) is 15.0 Å². The molecule has 0 unspecified atom stereocenters. The number of carbonyl (C=O) groups is 1. The number of benzene rings is 3. The molecule has 39 heavy (non-hydrogen) atoms. The number of hydrogen-bond donors (Lipinski definition) is 3. The molecule has 1 amide bonds. The summed E-state index contributed by atoms with van der Waals surface area (Å²) in [4.78, 5) is 20.0. The van der Waals surface area contributed by atoms with Crippen LogP contribution in [0.5, 0.6) is 11.5 Å². The molecular weight excluding hydrogens is 492 g/mol. The molecule has 0 aliphatic carbocycles. The first-order valence-electron chi connectivity index (χ1n) is 13.2. The first-order chi connectivity index (χ1) is 18.9. The summed E-state index contributed by atoms with van der Waals surface area (Å²) in [6.07, 6.45) is 2.13. The third-order valence-electron chi connectivity index (χ3n) is 7.49. The molecule has 3 heterocycles. The van der Waals surface area contributed by atoms with E-state index in [2.05, 4.69) is 32.3 Å². The smallest absolute Gasteiger partial charge is 0.231 e. The lowest BCUT2D eigenvalue weighted by Crippen LogP contribution is -2.45. The second-order valence-electron chi connectivity index (χ2n) is 10.2. The number of amides is 1. The van der Waals surface area contributed by atoms with Crippen LogP contribution in [0.15, 0.2) is 72.9 Å². The Bertz CT molecular complexity index is 1470. The Morgan fingerprint density at radius 1 is 0.923 bits per heavy atom. The molecule has 2 aliphatic rings. The molecule has 4 aromatic rings. The van der Waals surface area contributed by atoms with Gasteiger partial charge in [0.1, 0.15) is 17.3 Å². The molecule has 0 saturated carbocycles. The fourth-order valence-electron chi connectivity index (χ4n) is 5.44. The Morgan fingerprint density at radius 2 is 1.64 bits per heavy atom. The minimum absolute atomic E-state index is 0.0419. The average Bonchev–Trinajstić information content (AvgIpc) is 3.16. The highest BCUT2D eigenvalue weighted by atomic mass is 16.3. The molecule has 1 fully saturated rings. The topological polar surface area (TPSA) is 97.1 Å². The number of rotatable bonds is 5. The van der Waals surface area contributed by atoms with E-state index >= 15 is 0 Å². The zero-order chi connectivity index (χ0) is 26.9. The van der Waals surface area contributed by atoms with Crippen LogP contribution in [0.1, 0.15) is 16.7 Å². The number of phenols is 2. The number of aromatic hydroxyl groups is 2. The molecule has 9 heteroatoms. The van der Waals surface area contributed by atoms with Crippen molar-refractivity contribution in [2.75, 3.05) is 41.3 Å². The van der Waals surface area contributed by atoms with Crippen molar-refractivity contribution in [3.05, 3.63) is 89.6 Å². The Hall–Kier alpha value is -4.50. The largest absolute Gasteiger partial charge is 0.508 e. The molecule has 0 bridgehead atoms. The normalized spacial score (nSPS) is 15.3. The average molecular weight is 525 g/mol. The summed E-state index contributed by atoms with van der Waals surface area (Å²) in [7, 11) is 1.90. The number of piperazine rings is 1.